The minimum atomic E-state index is 0.0342. The lowest BCUT2D eigenvalue weighted by Gasteiger charge is -2.23. The van der Waals surface area contributed by atoms with Gasteiger partial charge in [0.2, 0.25) is 5.91 Å². The Morgan fingerprint density at radius 2 is 1.48 bits per heavy atom. The molecule has 0 bridgehead atoms. The summed E-state index contributed by atoms with van der Waals surface area (Å²) in [6.07, 6.45) is 0. The maximum absolute atomic E-state index is 13.2. The van der Waals surface area contributed by atoms with Gasteiger partial charge in [-0.25, -0.2) is 0 Å². The first-order valence-electron chi connectivity index (χ1n) is 10.3. The van der Waals surface area contributed by atoms with Crippen LogP contribution in [0.4, 0.5) is 5.69 Å². The summed E-state index contributed by atoms with van der Waals surface area (Å²) in [5, 5.41) is 9.48. The fourth-order valence-electron chi connectivity index (χ4n) is 3.38. The molecule has 6 heteroatoms. The number of hydrogen-bond acceptors (Lipinski definition) is 4. The van der Waals surface area contributed by atoms with Gasteiger partial charge in [0.1, 0.15) is 0 Å². The fourth-order valence-corrected chi connectivity index (χ4v) is 4.26. The number of benzene rings is 3. The number of rotatable bonds is 8. The van der Waals surface area contributed by atoms with E-state index in [1.54, 1.807) is 0 Å². The van der Waals surface area contributed by atoms with E-state index in [-0.39, 0.29) is 11.7 Å². The van der Waals surface area contributed by atoms with Crippen LogP contribution in [0.2, 0.25) is 0 Å². The molecule has 0 saturated heterocycles. The van der Waals surface area contributed by atoms with Crippen molar-refractivity contribution in [2.24, 2.45) is 0 Å². The second-order valence-corrected chi connectivity index (χ2v) is 7.95. The van der Waals surface area contributed by atoms with Gasteiger partial charge in [-0.15, -0.1) is 10.2 Å². The number of carbonyl (C=O) groups excluding carboxylic acids is 1. The Balaban J connectivity index is 1.52. The summed E-state index contributed by atoms with van der Waals surface area (Å²) in [6.45, 7) is 3.33. The summed E-state index contributed by atoms with van der Waals surface area (Å²) in [4.78, 5) is 15.1. The molecule has 0 saturated carbocycles. The molecule has 0 radical (unpaired) electrons. The maximum atomic E-state index is 13.2. The Morgan fingerprint density at radius 3 is 2.13 bits per heavy atom. The number of hydrogen-bond donors (Lipinski definition) is 0. The van der Waals surface area contributed by atoms with Crippen LogP contribution in [0, 0.1) is 0 Å². The molecule has 1 aromatic heterocycles. The van der Waals surface area contributed by atoms with Crippen LogP contribution in [0.15, 0.2) is 96.2 Å². The minimum Gasteiger partial charge on any atom is -0.307 e. The number of aromatic nitrogens is 3. The monoisotopic (exact) mass is 428 g/mol. The third-order valence-electron chi connectivity index (χ3n) is 4.94. The summed E-state index contributed by atoms with van der Waals surface area (Å²) >= 11 is 1.43. The van der Waals surface area contributed by atoms with Crippen molar-refractivity contribution in [1.82, 2.24) is 14.8 Å². The van der Waals surface area contributed by atoms with Gasteiger partial charge in [-0.05, 0) is 24.6 Å². The molecule has 31 heavy (non-hydrogen) atoms. The quantitative estimate of drug-likeness (QED) is 0.358. The van der Waals surface area contributed by atoms with Crippen molar-refractivity contribution in [3.05, 3.63) is 96.6 Å². The van der Waals surface area contributed by atoms with Crippen molar-refractivity contribution in [1.29, 1.82) is 0 Å². The summed E-state index contributed by atoms with van der Waals surface area (Å²) < 4.78 is 2.05. The van der Waals surface area contributed by atoms with E-state index in [9.17, 15) is 4.79 Å². The molecular formula is C25H24N4OS. The van der Waals surface area contributed by atoms with E-state index < -0.39 is 0 Å². The average Bonchev–Trinajstić information content (AvgIpc) is 3.26. The molecule has 1 heterocycles. The van der Waals surface area contributed by atoms with Crippen LogP contribution in [0.25, 0.3) is 11.4 Å². The van der Waals surface area contributed by atoms with Gasteiger partial charge in [0, 0.05) is 17.8 Å². The molecule has 0 unspecified atom stereocenters. The summed E-state index contributed by atoms with van der Waals surface area (Å²) in [5.41, 5.74) is 3.00. The second kappa shape index (κ2) is 10.1. The largest absolute Gasteiger partial charge is 0.307 e. The van der Waals surface area contributed by atoms with Crippen LogP contribution < -0.4 is 4.90 Å². The van der Waals surface area contributed by atoms with Gasteiger partial charge in [0.25, 0.3) is 0 Å². The molecule has 1 amide bonds. The first-order chi connectivity index (χ1) is 15.3. The zero-order valence-electron chi connectivity index (χ0n) is 17.4. The predicted molar refractivity (Wildman–Crippen MR) is 126 cm³/mol. The molecule has 4 aromatic rings. The first-order valence-corrected chi connectivity index (χ1v) is 11.3. The van der Waals surface area contributed by atoms with Crippen LogP contribution in [0.5, 0.6) is 0 Å². The highest BCUT2D eigenvalue weighted by Crippen LogP contribution is 2.25. The van der Waals surface area contributed by atoms with Crippen LogP contribution in [-0.4, -0.2) is 26.4 Å². The Labute approximate surface area is 186 Å². The first kappa shape index (κ1) is 20.9. The topological polar surface area (TPSA) is 51.0 Å². The molecular weight excluding hydrogens is 404 g/mol. The standard InChI is InChI=1S/C25H24N4OS/c1-2-28-24(21-14-8-4-9-15-21)26-27-25(28)31-19-23(30)29(22-16-10-5-11-17-22)18-20-12-6-3-7-13-20/h3-17H,2,18-19H2,1H3. The summed E-state index contributed by atoms with van der Waals surface area (Å²) in [5.74, 6) is 1.14. The fraction of sp³-hybridized carbons (Fsp3) is 0.160. The lowest BCUT2D eigenvalue weighted by atomic mass is 10.2. The number of amides is 1. The van der Waals surface area contributed by atoms with Gasteiger partial charge >= 0.3 is 0 Å². The van der Waals surface area contributed by atoms with Crippen molar-refractivity contribution in [3.63, 3.8) is 0 Å². The second-order valence-electron chi connectivity index (χ2n) is 7.01. The third kappa shape index (κ3) is 5.03. The van der Waals surface area contributed by atoms with E-state index in [0.29, 0.717) is 6.54 Å². The summed E-state index contributed by atoms with van der Waals surface area (Å²) in [7, 11) is 0. The van der Waals surface area contributed by atoms with E-state index in [1.807, 2.05) is 95.9 Å². The number of carbonyl (C=O) groups is 1. The number of thioether (sulfide) groups is 1. The highest BCUT2D eigenvalue weighted by atomic mass is 32.2. The highest BCUT2D eigenvalue weighted by Gasteiger charge is 2.19. The van der Waals surface area contributed by atoms with Crippen molar-refractivity contribution in [2.45, 2.75) is 25.2 Å². The van der Waals surface area contributed by atoms with Crippen molar-refractivity contribution >= 4 is 23.4 Å². The Hall–Kier alpha value is -3.38. The Bertz CT molecular complexity index is 1110. The van der Waals surface area contributed by atoms with Gasteiger partial charge < -0.3 is 9.47 Å². The molecule has 0 aliphatic heterocycles. The molecule has 0 N–H and O–H groups in total. The maximum Gasteiger partial charge on any atom is 0.237 e. The van der Waals surface area contributed by atoms with Crippen LogP contribution in [-0.2, 0) is 17.9 Å². The zero-order valence-corrected chi connectivity index (χ0v) is 18.2. The van der Waals surface area contributed by atoms with E-state index >= 15 is 0 Å². The van der Waals surface area contributed by atoms with Crippen LogP contribution in [0.1, 0.15) is 12.5 Å². The highest BCUT2D eigenvalue weighted by molar-refractivity contribution is 7.99. The van der Waals surface area contributed by atoms with Gasteiger partial charge in [-0.1, -0.05) is 90.6 Å². The van der Waals surface area contributed by atoms with Gasteiger partial charge in [0.05, 0.1) is 12.3 Å². The van der Waals surface area contributed by atoms with Crippen molar-refractivity contribution in [2.75, 3.05) is 10.7 Å². The normalized spacial score (nSPS) is 10.7. The SMILES string of the molecule is CCn1c(SCC(=O)N(Cc2ccccc2)c2ccccc2)nnc1-c1ccccc1. The molecule has 3 aromatic carbocycles. The Kier molecular flexibility index (Phi) is 6.79. The molecule has 0 fully saturated rings. The number of nitrogens with zero attached hydrogens (tertiary/aromatic N) is 4. The van der Waals surface area contributed by atoms with Crippen LogP contribution >= 0.6 is 11.8 Å². The molecule has 0 aliphatic carbocycles. The third-order valence-corrected chi connectivity index (χ3v) is 5.89. The van der Waals surface area contributed by atoms with E-state index in [0.717, 1.165) is 34.3 Å². The van der Waals surface area contributed by atoms with Gasteiger partial charge in [-0.2, -0.15) is 0 Å². The van der Waals surface area contributed by atoms with Gasteiger partial charge in [-0.3, -0.25) is 4.79 Å². The van der Waals surface area contributed by atoms with Crippen molar-refractivity contribution < 1.29 is 4.79 Å². The molecule has 0 spiro atoms. The molecule has 0 aliphatic rings. The lowest BCUT2D eigenvalue weighted by molar-refractivity contribution is -0.116. The van der Waals surface area contributed by atoms with Gasteiger partial charge in [0.15, 0.2) is 11.0 Å². The predicted octanol–water partition coefficient (Wildman–Crippen LogP) is 5.29. The van der Waals surface area contributed by atoms with Crippen molar-refractivity contribution in [3.8, 4) is 11.4 Å². The molecule has 4 rings (SSSR count). The average molecular weight is 429 g/mol. The van der Waals surface area contributed by atoms with E-state index in [4.69, 9.17) is 0 Å². The van der Waals surface area contributed by atoms with E-state index in [2.05, 4.69) is 21.7 Å². The number of para-hydroxylation sites is 1. The zero-order chi connectivity index (χ0) is 21.5. The number of anilines is 1. The molecule has 0 atom stereocenters. The molecule has 5 nitrogen and oxygen atoms in total. The smallest absolute Gasteiger partial charge is 0.237 e. The lowest BCUT2D eigenvalue weighted by Crippen LogP contribution is -2.32. The minimum absolute atomic E-state index is 0.0342. The Morgan fingerprint density at radius 1 is 0.871 bits per heavy atom. The molecule has 156 valence electrons. The van der Waals surface area contributed by atoms with Crippen LogP contribution in [0.3, 0.4) is 0 Å². The van der Waals surface area contributed by atoms with E-state index in [1.165, 1.54) is 11.8 Å². The summed E-state index contributed by atoms with van der Waals surface area (Å²) in [6, 6.07) is 29.8.